The minimum absolute atomic E-state index is 0.0254. The molecule has 2 heterocycles. The number of aryl methyl sites for hydroxylation is 1. The fraction of sp³-hybridized carbons (Fsp3) is 0.600. The Bertz CT molecular complexity index is 668. The lowest BCUT2D eigenvalue weighted by Crippen LogP contribution is -2.28. The van der Waals surface area contributed by atoms with Crippen molar-refractivity contribution in [2.45, 2.75) is 46.5 Å². The minimum Gasteiger partial charge on any atom is -0.313 e. The number of thiophene rings is 1. The zero-order valence-corrected chi connectivity index (χ0v) is 12.6. The number of aromatic amines is 1. The zero-order valence-electron chi connectivity index (χ0n) is 11.7. The van der Waals surface area contributed by atoms with E-state index >= 15 is 0 Å². The Kier molecular flexibility index (Phi) is 3.01. The number of hydrogen-bond acceptors (Lipinski definition) is 3. The van der Waals surface area contributed by atoms with Gasteiger partial charge in [0.05, 0.1) is 11.7 Å². The normalized spacial score (nSPS) is 19.6. The van der Waals surface area contributed by atoms with Crippen LogP contribution in [0.5, 0.6) is 0 Å². The first-order chi connectivity index (χ1) is 9.03. The van der Waals surface area contributed by atoms with Crippen molar-refractivity contribution in [2.75, 3.05) is 0 Å². The van der Waals surface area contributed by atoms with Crippen LogP contribution in [0, 0.1) is 11.3 Å². The molecule has 4 heteroatoms. The van der Waals surface area contributed by atoms with Crippen LogP contribution in [0.1, 0.15) is 44.1 Å². The Hall–Kier alpha value is -1.16. The molecule has 0 saturated carbocycles. The van der Waals surface area contributed by atoms with E-state index in [0.717, 1.165) is 23.1 Å². The predicted molar refractivity (Wildman–Crippen MR) is 79.8 cm³/mol. The van der Waals surface area contributed by atoms with Gasteiger partial charge in [-0.15, -0.1) is 11.3 Å². The maximum atomic E-state index is 12.0. The summed E-state index contributed by atoms with van der Waals surface area (Å²) in [4.78, 5) is 21.4. The summed E-state index contributed by atoms with van der Waals surface area (Å²) in [6, 6.07) is 0. The van der Waals surface area contributed by atoms with Gasteiger partial charge in [0.25, 0.3) is 5.56 Å². The summed E-state index contributed by atoms with van der Waals surface area (Å²) < 4.78 is 0. The number of fused-ring (bicyclic) bond motifs is 3. The topological polar surface area (TPSA) is 45.8 Å². The van der Waals surface area contributed by atoms with Gasteiger partial charge in [0.1, 0.15) is 4.83 Å². The van der Waals surface area contributed by atoms with Gasteiger partial charge in [0.15, 0.2) is 0 Å². The fourth-order valence-corrected chi connectivity index (χ4v) is 4.26. The molecule has 1 atom stereocenters. The lowest BCUT2D eigenvalue weighted by Gasteiger charge is -2.36. The molecule has 0 radical (unpaired) electrons. The van der Waals surface area contributed by atoms with E-state index in [1.807, 2.05) is 0 Å². The summed E-state index contributed by atoms with van der Waals surface area (Å²) in [6.45, 7) is 6.95. The highest BCUT2D eigenvalue weighted by Crippen LogP contribution is 2.43. The number of H-pyrrole nitrogens is 1. The smallest absolute Gasteiger partial charge is 0.259 e. The van der Waals surface area contributed by atoms with Crippen LogP contribution in [0.4, 0.5) is 0 Å². The van der Waals surface area contributed by atoms with Gasteiger partial charge in [-0.25, -0.2) is 4.98 Å². The Morgan fingerprint density at radius 1 is 1.53 bits per heavy atom. The van der Waals surface area contributed by atoms with Crippen LogP contribution in [0.25, 0.3) is 10.2 Å². The van der Waals surface area contributed by atoms with Crippen molar-refractivity contribution in [1.29, 1.82) is 0 Å². The van der Waals surface area contributed by atoms with Crippen molar-refractivity contribution >= 4 is 21.6 Å². The largest absolute Gasteiger partial charge is 0.313 e. The third kappa shape index (κ3) is 2.02. The van der Waals surface area contributed by atoms with Crippen LogP contribution in [-0.2, 0) is 12.8 Å². The van der Waals surface area contributed by atoms with E-state index in [1.54, 1.807) is 11.3 Å². The average molecular weight is 276 g/mol. The lowest BCUT2D eigenvalue weighted by atomic mass is 9.69. The van der Waals surface area contributed by atoms with Crippen LogP contribution in [-0.4, -0.2) is 9.97 Å². The highest BCUT2D eigenvalue weighted by molar-refractivity contribution is 7.18. The molecule has 102 valence electrons. The molecule has 3 rings (SSSR count). The summed E-state index contributed by atoms with van der Waals surface area (Å²) >= 11 is 1.70. The van der Waals surface area contributed by atoms with Crippen LogP contribution in [0.15, 0.2) is 11.1 Å². The molecular weight excluding hydrogens is 256 g/mol. The summed E-state index contributed by atoms with van der Waals surface area (Å²) in [5.41, 5.74) is 1.64. The SMILES string of the molecule is CCC(C)(C)[C@H]1CCc2sc3nc[nH]c(=O)c3c2C1. The monoisotopic (exact) mass is 276 g/mol. The Labute approximate surface area is 117 Å². The predicted octanol–water partition coefficient (Wildman–Crippen LogP) is 3.53. The summed E-state index contributed by atoms with van der Waals surface area (Å²) in [7, 11) is 0. The summed E-state index contributed by atoms with van der Waals surface area (Å²) in [5.74, 6) is 0.669. The molecule has 0 bridgehead atoms. The van der Waals surface area contributed by atoms with Crippen molar-refractivity contribution < 1.29 is 0 Å². The first kappa shape index (κ1) is 12.9. The highest BCUT2D eigenvalue weighted by Gasteiger charge is 2.33. The molecule has 19 heavy (non-hydrogen) atoms. The van der Waals surface area contributed by atoms with Gasteiger partial charge in [0, 0.05) is 4.88 Å². The molecule has 0 amide bonds. The minimum atomic E-state index is 0.0254. The lowest BCUT2D eigenvalue weighted by molar-refractivity contribution is 0.184. The second kappa shape index (κ2) is 4.44. The molecule has 0 spiro atoms. The molecule has 0 aliphatic heterocycles. The van der Waals surface area contributed by atoms with Crippen molar-refractivity contribution in [3.05, 3.63) is 27.1 Å². The molecule has 1 N–H and O–H groups in total. The van der Waals surface area contributed by atoms with Gasteiger partial charge >= 0.3 is 0 Å². The third-order valence-electron chi connectivity index (χ3n) is 4.86. The number of rotatable bonds is 2. The zero-order chi connectivity index (χ0) is 13.6. The average Bonchev–Trinajstić information content (AvgIpc) is 2.77. The van der Waals surface area contributed by atoms with Gasteiger partial charge in [-0.05, 0) is 36.2 Å². The van der Waals surface area contributed by atoms with Crippen molar-refractivity contribution in [1.82, 2.24) is 9.97 Å². The standard InChI is InChI=1S/C15H20N2OS/c1-4-15(2,3)9-5-6-11-10(7-9)12-13(18)16-8-17-14(12)19-11/h8-9H,4-7H2,1-3H3,(H,16,17,18)/t9-/m0/s1. The van der Waals surface area contributed by atoms with E-state index < -0.39 is 0 Å². The molecule has 0 fully saturated rings. The first-order valence-corrected chi connectivity index (χ1v) is 7.82. The van der Waals surface area contributed by atoms with Crippen molar-refractivity contribution in [3.8, 4) is 0 Å². The molecule has 2 aromatic rings. The summed E-state index contributed by atoms with van der Waals surface area (Å²) in [5, 5.41) is 0.846. The molecule has 0 saturated heterocycles. The molecular formula is C15H20N2OS. The molecule has 0 aromatic carbocycles. The van der Waals surface area contributed by atoms with Gasteiger partial charge < -0.3 is 4.98 Å². The summed E-state index contributed by atoms with van der Waals surface area (Å²) in [6.07, 6.45) is 6.07. The maximum Gasteiger partial charge on any atom is 0.259 e. The molecule has 1 aliphatic rings. The highest BCUT2D eigenvalue weighted by atomic mass is 32.1. The molecule has 0 unspecified atom stereocenters. The van der Waals surface area contributed by atoms with Gasteiger partial charge in [-0.3, -0.25) is 4.79 Å². The molecule has 3 nitrogen and oxygen atoms in total. The second-order valence-corrected chi connectivity index (χ2v) is 7.28. The van der Waals surface area contributed by atoms with Crippen molar-refractivity contribution in [3.63, 3.8) is 0 Å². The Balaban J connectivity index is 2.09. The molecule has 2 aromatic heterocycles. The van der Waals surface area contributed by atoms with E-state index in [0.29, 0.717) is 11.3 Å². The Morgan fingerprint density at radius 3 is 3.05 bits per heavy atom. The van der Waals surface area contributed by atoms with E-state index in [9.17, 15) is 4.79 Å². The van der Waals surface area contributed by atoms with Gasteiger partial charge in [0.2, 0.25) is 0 Å². The quantitative estimate of drug-likeness (QED) is 0.912. The van der Waals surface area contributed by atoms with Crippen molar-refractivity contribution in [2.24, 2.45) is 11.3 Å². The fourth-order valence-electron chi connectivity index (χ4n) is 3.07. The number of aromatic nitrogens is 2. The van der Waals surface area contributed by atoms with Gasteiger partial charge in [-0.1, -0.05) is 27.2 Å². The number of nitrogens with zero attached hydrogens (tertiary/aromatic N) is 1. The van der Waals surface area contributed by atoms with E-state index in [-0.39, 0.29) is 5.56 Å². The molecule has 1 aliphatic carbocycles. The van der Waals surface area contributed by atoms with Crippen LogP contribution in [0.2, 0.25) is 0 Å². The number of hydrogen-bond donors (Lipinski definition) is 1. The second-order valence-electron chi connectivity index (χ2n) is 6.20. The van der Waals surface area contributed by atoms with Crippen LogP contribution in [0.3, 0.4) is 0 Å². The first-order valence-electron chi connectivity index (χ1n) is 7.01. The maximum absolute atomic E-state index is 12.0. The van der Waals surface area contributed by atoms with E-state index in [1.165, 1.54) is 29.6 Å². The Morgan fingerprint density at radius 2 is 2.32 bits per heavy atom. The van der Waals surface area contributed by atoms with Gasteiger partial charge in [-0.2, -0.15) is 0 Å². The number of nitrogens with one attached hydrogen (secondary N) is 1. The third-order valence-corrected chi connectivity index (χ3v) is 6.06. The van der Waals surface area contributed by atoms with E-state index in [2.05, 4.69) is 30.7 Å². The van der Waals surface area contributed by atoms with E-state index in [4.69, 9.17) is 0 Å². The van der Waals surface area contributed by atoms with Crippen LogP contribution < -0.4 is 5.56 Å². The van der Waals surface area contributed by atoms with Crippen LogP contribution >= 0.6 is 11.3 Å².